The summed E-state index contributed by atoms with van der Waals surface area (Å²) in [7, 11) is 0. The number of anilines is 3. The van der Waals surface area contributed by atoms with E-state index in [-0.39, 0.29) is 0 Å². The quantitative estimate of drug-likeness (QED) is 0.653. The molecule has 0 radical (unpaired) electrons. The Balaban J connectivity index is 2.12. The summed E-state index contributed by atoms with van der Waals surface area (Å²) in [4.78, 5) is 8.93. The van der Waals surface area contributed by atoms with Crippen molar-refractivity contribution < 1.29 is 0 Å². The monoisotopic (exact) mass is 312 g/mol. The van der Waals surface area contributed by atoms with Crippen molar-refractivity contribution >= 4 is 17.5 Å². The van der Waals surface area contributed by atoms with E-state index in [9.17, 15) is 0 Å². The molecule has 1 heterocycles. The zero-order valence-corrected chi connectivity index (χ0v) is 14.7. The van der Waals surface area contributed by atoms with Crippen LogP contribution in [-0.2, 0) is 0 Å². The van der Waals surface area contributed by atoms with E-state index < -0.39 is 0 Å². The average Bonchev–Trinajstić information content (AvgIpc) is 2.54. The van der Waals surface area contributed by atoms with Crippen molar-refractivity contribution in [3.05, 3.63) is 41.6 Å². The lowest BCUT2D eigenvalue weighted by Gasteiger charge is -2.16. The first kappa shape index (κ1) is 17.3. The number of aryl methyl sites for hydroxylation is 1. The zero-order valence-electron chi connectivity index (χ0n) is 14.7. The first-order chi connectivity index (χ1) is 11.1. The highest BCUT2D eigenvalue weighted by molar-refractivity contribution is 5.64. The van der Waals surface area contributed by atoms with Crippen molar-refractivity contribution in [1.82, 2.24) is 9.97 Å². The van der Waals surface area contributed by atoms with E-state index in [1.165, 1.54) is 30.4 Å². The molecule has 23 heavy (non-hydrogen) atoms. The Morgan fingerprint density at radius 3 is 2.70 bits per heavy atom. The SMILES string of the molecule is CCCCCNc1ccnc(Nc2c(C)cccc2C(C)C)n1. The minimum atomic E-state index is 0.452. The first-order valence-electron chi connectivity index (χ1n) is 8.55. The molecule has 0 spiro atoms. The molecule has 124 valence electrons. The molecule has 0 bridgehead atoms. The van der Waals surface area contributed by atoms with Crippen molar-refractivity contribution in [2.45, 2.75) is 52.9 Å². The Bertz CT molecular complexity index is 623. The molecule has 1 aromatic heterocycles. The fourth-order valence-electron chi connectivity index (χ4n) is 2.56. The van der Waals surface area contributed by atoms with Gasteiger partial charge in [0.2, 0.25) is 5.95 Å². The van der Waals surface area contributed by atoms with Gasteiger partial charge in [0.15, 0.2) is 0 Å². The molecule has 2 N–H and O–H groups in total. The van der Waals surface area contributed by atoms with Gasteiger partial charge >= 0.3 is 0 Å². The number of hydrogen-bond donors (Lipinski definition) is 2. The Morgan fingerprint density at radius 2 is 1.96 bits per heavy atom. The van der Waals surface area contributed by atoms with Crippen molar-refractivity contribution in [1.29, 1.82) is 0 Å². The van der Waals surface area contributed by atoms with E-state index in [1.54, 1.807) is 6.20 Å². The van der Waals surface area contributed by atoms with E-state index in [0.717, 1.165) is 18.1 Å². The Labute approximate surface area is 139 Å². The van der Waals surface area contributed by atoms with Crippen molar-refractivity contribution in [2.24, 2.45) is 0 Å². The molecule has 4 heteroatoms. The van der Waals surface area contributed by atoms with Gasteiger partial charge in [-0.3, -0.25) is 0 Å². The van der Waals surface area contributed by atoms with Crippen LogP contribution >= 0.6 is 0 Å². The molecular formula is C19H28N4. The van der Waals surface area contributed by atoms with Crippen molar-refractivity contribution in [3.63, 3.8) is 0 Å². The molecule has 0 fully saturated rings. The van der Waals surface area contributed by atoms with E-state index in [0.29, 0.717) is 11.9 Å². The van der Waals surface area contributed by atoms with Gasteiger partial charge in [-0.2, -0.15) is 4.98 Å². The van der Waals surface area contributed by atoms with Gasteiger partial charge in [-0.1, -0.05) is 51.8 Å². The fourth-order valence-corrected chi connectivity index (χ4v) is 2.56. The summed E-state index contributed by atoms with van der Waals surface area (Å²) >= 11 is 0. The van der Waals surface area contributed by atoms with Crippen LogP contribution < -0.4 is 10.6 Å². The second kappa shape index (κ2) is 8.51. The highest BCUT2D eigenvalue weighted by atomic mass is 15.1. The van der Waals surface area contributed by atoms with Crippen LogP contribution in [0.2, 0.25) is 0 Å². The molecule has 0 atom stereocenters. The maximum Gasteiger partial charge on any atom is 0.229 e. The summed E-state index contributed by atoms with van der Waals surface area (Å²) in [5.74, 6) is 1.97. The lowest BCUT2D eigenvalue weighted by atomic mass is 9.98. The predicted molar refractivity (Wildman–Crippen MR) is 98.6 cm³/mol. The predicted octanol–water partition coefficient (Wildman–Crippen LogP) is 5.25. The number of rotatable bonds is 8. The summed E-state index contributed by atoms with van der Waals surface area (Å²) in [5, 5.41) is 6.77. The van der Waals surface area contributed by atoms with E-state index in [4.69, 9.17) is 0 Å². The third-order valence-corrected chi connectivity index (χ3v) is 3.91. The Hall–Kier alpha value is -2.10. The number of unbranched alkanes of at least 4 members (excludes halogenated alkanes) is 2. The second-order valence-electron chi connectivity index (χ2n) is 6.22. The van der Waals surface area contributed by atoms with E-state index in [1.807, 2.05) is 6.07 Å². The third-order valence-electron chi connectivity index (χ3n) is 3.91. The minimum Gasteiger partial charge on any atom is -0.370 e. The zero-order chi connectivity index (χ0) is 16.7. The van der Waals surface area contributed by atoms with Gasteiger partial charge in [0.25, 0.3) is 0 Å². The van der Waals surface area contributed by atoms with Gasteiger partial charge in [-0.05, 0) is 36.5 Å². The van der Waals surface area contributed by atoms with Crippen LogP contribution in [0.25, 0.3) is 0 Å². The third kappa shape index (κ3) is 4.95. The minimum absolute atomic E-state index is 0.452. The number of aromatic nitrogens is 2. The lowest BCUT2D eigenvalue weighted by Crippen LogP contribution is -2.07. The van der Waals surface area contributed by atoms with Crippen LogP contribution in [0.3, 0.4) is 0 Å². The molecule has 1 aromatic carbocycles. The molecule has 0 amide bonds. The molecule has 0 saturated carbocycles. The molecule has 0 aliphatic rings. The smallest absolute Gasteiger partial charge is 0.229 e. The lowest BCUT2D eigenvalue weighted by molar-refractivity contribution is 0.742. The van der Waals surface area contributed by atoms with E-state index in [2.05, 4.69) is 66.5 Å². The number of nitrogens with one attached hydrogen (secondary N) is 2. The van der Waals surface area contributed by atoms with Gasteiger partial charge in [0.1, 0.15) is 5.82 Å². The van der Waals surface area contributed by atoms with Gasteiger partial charge in [-0.25, -0.2) is 4.98 Å². The number of para-hydroxylation sites is 1. The van der Waals surface area contributed by atoms with Gasteiger partial charge < -0.3 is 10.6 Å². The topological polar surface area (TPSA) is 49.8 Å². The first-order valence-corrected chi connectivity index (χ1v) is 8.55. The van der Waals surface area contributed by atoms with Gasteiger partial charge in [0, 0.05) is 18.4 Å². The molecule has 0 aliphatic carbocycles. The fraction of sp³-hybridized carbons (Fsp3) is 0.474. The summed E-state index contributed by atoms with van der Waals surface area (Å²) in [6.07, 6.45) is 5.43. The summed E-state index contributed by atoms with van der Waals surface area (Å²) < 4.78 is 0. The van der Waals surface area contributed by atoms with Crippen LogP contribution in [0.1, 0.15) is 57.1 Å². The molecule has 0 saturated heterocycles. The van der Waals surface area contributed by atoms with Crippen LogP contribution in [0.4, 0.5) is 17.5 Å². The normalized spacial score (nSPS) is 10.8. The highest BCUT2D eigenvalue weighted by Crippen LogP contribution is 2.29. The molecule has 2 rings (SSSR count). The number of nitrogens with zero attached hydrogens (tertiary/aromatic N) is 2. The standard InChI is InChI=1S/C19H28N4/c1-5-6-7-12-20-17-11-13-21-19(22-17)23-18-15(4)9-8-10-16(18)14(2)3/h8-11,13-14H,5-7,12H2,1-4H3,(H2,20,21,22,23). The Kier molecular flexibility index (Phi) is 6.39. The van der Waals surface area contributed by atoms with E-state index >= 15 is 0 Å². The highest BCUT2D eigenvalue weighted by Gasteiger charge is 2.10. The van der Waals surface area contributed by atoms with Crippen molar-refractivity contribution in [3.8, 4) is 0 Å². The summed E-state index contributed by atoms with van der Waals surface area (Å²) in [6, 6.07) is 8.29. The molecule has 0 unspecified atom stereocenters. The molecule has 4 nitrogen and oxygen atoms in total. The molecular weight excluding hydrogens is 284 g/mol. The molecule has 0 aliphatic heterocycles. The number of hydrogen-bond acceptors (Lipinski definition) is 4. The molecule has 2 aromatic rings. The summed E-state index contributed by atoms with van der Waals surface area (Å²) in [6.45, 7) is 9.67. The Morgan fingerprint density at radius 1 is 1.13 bits per heavy atom. The average molecular weight is 312 g/mol. The summed E-state index contributed by atoms with van der Waals surface area (Å²) in [5.41, 5.74) is 3.61. The second-order valence-corrected chi connectivity index (χ2v) is 6.22. The maximum atomic E-state index is 4.57. The van der Waals surface area contributed by atoms with Crippen LogP contribution in [0.5, 0.6) is 0 Å². The number of benzene rings is 1. The largest absolute Gasteiger partial charge is 0.370 e. The van der Waals surface area contributed by atoms with Crippen LogP contribution in [0, 0.1) is 6.92 Å². The van der Waals surface area contributed by atoms with Crippen molar-refractivity contribution in [2.75, 3.05) is 17.2 Å². The van der Waals surface area contributed by atoms with Crippen LogP contribution in [-0.4, -0.2) is 16.5 Å². The van der Waals surface area contributed by atoms with Gasteiger partial charge in [0.05, 0.1) is 0 Å². The van der Waals surface area contributed by atoms with Crippen LogP contribution in [0.15, 0.2) is 30.5 Å². The van der Waals surface area contributed by atoms with Gasteiger partial charge in [-0.15, -0.1) is 0 Å². The maximum absolute atomic E-state index is 4.57.